The van der Waals surface area contributed by atoms with E-state index >= 15 is 0 Å². The lowest BCUT2D eigenvalue weighted by Crippen LogP contribution is -2.48. The first-order chi connectivity index (χ1) is 8.06. The second-order valence-electron chi connectivity index (χ2n) is 5.10. The van der Waals surface area contributed by atoms with Crippen molar-refractivity contribution >= 4 is 5.69 Å². The Morgan fingerprint density at radius 2 is 2.24 bits per heavy atom. The molecule has 0 saturated heterocycles. The quantitative estimate of drug-likeness (QED) is 0.805. The number of benzene rings is 1. The zero-order valence-corrected chi connectivity index (χ0v) is 10.7. The Balaban J connectivity index is 2.23. The van der Waals surface area contributed by atoms with Gasteiger partial charge < -0.3 is 10.0 Å². The Morgan fingerprint density at radius 3 is 2.94 bits per heavy atom. The first-order valence-electron chi connectivity index (χ1n) is 6.24. The zero-order chi connectivity index (χ0) is 12.5. The van der Waals surface area contributed by atoms with Crippen molar-refractivity contribution in [3.8, 4) is 0 Å². The van der Waals surface area contributed by atoms with Crippen molar-refractivity contribution in [2.24, 2.45) is 0 Å². The average molecular weight is 231 g/mol. The van der Waals surface area contributed by atoms with Crippen molar-refractivity contribution in [3.05, 3.63) is 42.5 Å². The van der Waals surface area contributed by atoms with Gasteiger partial charge in [-0.15, -0.1) is 6.58 Å². The highest BCUT2D eigenvalue weighted by Crippen LogP contribution is 2.33. The molecule has 0 aromatic heterocycles. The number of nitrogens with zero attached hydrogens (tertiary/aromatic N) is 1. The van der Waals surface area contributed by atoms with Crippen LogP contribution in [0.4, 0.5) is 5.69 Å². The van der Waals surface area contributed by atoms with Crippen molar-refractivity contribution in [3.63, 3.8) is 0 Å². The van der Waals surface area contributed by atoms with Crippen molar-refractivity contribution in [1.82, 2.24) is 0 Å². The maximum absolute atomic E-state index is 10.5. The van der Waals surface area contributed by atoms with Gasteiger partial charge in [-0.2, -0.15) is 0 Å². The number of para-hydroxylation sites is 1. The van der Waals surface area contributed by atoms with E-state index in [0.717, 1.165) is 13.0 Å². The molecule has 2 heteroatoms. The van der Waals surface area contributed by atoms with Crippen molar-refractivity contribution in [1.29, 1.82) is 0 Å². The highest BCUT2D eigenvalue weighted by Gasteiger charge is 2.34. The molecule has 2 rings (SSSR count). The van der Waals surface area contributed by atoms with Crippen LogP contribution in [0, 0.1) is 0 Å². The molecule has 1 heterocycles. The predicted octanol–water partition coefficient (Wildman–Crippen LogP) is 2.76. The maximum Gasteiger partial charge on any atom is 0.0853 e. The molecule has 17 heavy (non-hydrogen) atoms. The average Bonchev–Trinajstić information content (AvgIpc) is 2.71. The lowest BCUT2D eigenvalue weighted by Gasteiger charge is -2.37. The van der Waals surface area contributed by atoms with Crippen LogP contribution in [0.3, 0.4) is 0 Å². The van der Waals surface area contributed by atoms with E-state index < -0.39 is 5.60 Å². The highest BCUT2D eigenvalue weighted by atomic mass is 16.3. The summed E-state index contributed by atoms with van der Waals surface area (Å²) in [7, 11) is 0. The van der Waals surface area contributed by atoms with E-state index in [1.807, 2.05) is 6.92 Å². The molecule has 1 N–H and O–H groups in total. The zero-order valence-electron chi connectivity index (χ0n) is 10.7. The van der Waals surface area contributed by atoms with Gasteiger partial charge in [-0.3, -0.25) is 0 Å². The van der Waals surface area contributed by atoms with Crippen LogP contribution in [0.25, 0.3) is 0 Å². The minimum atomic E-state index is -0.723. The standard InChI is InChI=1S/C15H21NO/c1-4-10-15(3,17)12(2)16-11-9-13-7-5-6-8-14(13)16/h4-8,12,17H,1,9-11H2,2-3H3/t12-,15+/m1/s1. The molecule has 2 nitrogen and oxygen atoms in total. The van der Waals surface area contributed by atoms with E-state index in [1.165, 1.54) is 11.3 Å². The predicted molar refractivity (Wildman–Crippen MR) is 72.4 cm³/mol. The van der Waals surface area contributed by atoms with Crippen LogP contribution < -0.4 is 4.90 Å². The van der Waals surface area contributed by atoms with Gasteiger partial charge in [0.2, 0.25) is 0 Å². The number of aliphatic hydroxyl groups is 1. The molecule has 92 valence electrons. The van der Waals surface area contributed by atoms with Gasteiger partial charge in [-0.25, -0.2) is 0 Å². The topological polar surface area (TPSA) is 23.5 Å². The Kier molecular flexibility index (Phi) is 3.25. The van der Waals surface area contributed by atoms with Gasteiger partial charge in [0.25, 0.3) is 0 Å². The van der Waals surface area contributed by atoms with Gasteiger partial charge in [-0.1, -0.05) is 24.3 Å². The maximum atomic E-state index is 10.5. The van der Waals surface area contributed by atoms with E-state index in [4.69, 9.17) is 0 Å². The minimum Gasteiger partial charge on any atom is -0.388 e. The molecule has 0 amide bonds. The summed E-state index contributed by atoms with van der Waals surface area (Å²) >= 11 is 0. The third-order valence-electron chi connectivity index (χ3n) is 3.85. The molecule has 0 spiro atoms. The fourth-order valence-electron chi connectivity index (χ4n) is 2.56. The van der Waals surface area contributed by atoms with Crippen LogP contribution >= 0.6 is 0 Å². The molecule has 0 fully saturated rings. The molecule has 1 aliphatic rings. The largest absolute Gasteiger partial charge is 0.388 e. The van der Waals surface area contributed by atoms with E-state index in [1.54, 1.807) is 6.08 Å². The Morgan fingerprint density at radius 1 is 1.53 bits per heavy atom. The van der Waals surface area contributed by atoms with E-state index in [-0.39, 0.29) is 6.04 Å². The van der Waals surface area contributed by atoms with Crippen LogP contribution in [0.1, 0.15) is 25.8 Å². The molecule has 0 unspecified atom stereocenters. The van der Waals surface area contributed by atoms with E-state index in [9.17, 15) is 5.11 Å². The molecular weight excluding hydrogens is 210 g/mol. The number of rotatable bonds is 4. The van der Waals surface area contributed by atoms with Crippen molar-refractivity contribution in [2.45, 2.75) is 38.3 Å². The van der Waals surface area contributed by atoms with Crippen molar-refractivity contribution in [2.75, 3.05) is 11.4 Å². The summed E-state index contributed by atoms with van der Waals surface area (Å²) in [5.41, 5.74) is 1.93. The first-order valence-corrected chi connectivity index (χ1v) is 6.24. The Hall–Kier alpha value is -1.28. The van der Waals surface area contributed by atoms with Crippen molar-refractivity contribution < 1.29 is 5.11 Å². The Bertz CT molecular complexity index is 411. The fourth-order valence-corrected chi connectivity index (χ4v) is 2.56. The highest BCUT2D eigenvalue weighted by molar-refractivity contribution is 5.58. The molecule has 1 aromatic carbocycles. The van der Waals surface area contributed by atoms with Crippen LogP contribution in [-0.4, -0.2) is 23.3 Å². The number of hydrogen-bond donors (Lipinski definition) is 1. The normalized spacial score (nSPS) is 19.6. The number of fused-ring (bicyclic) bond motifs is 1. The third kappa shape index (κ3) is 2.22. The summed E-state index contributed by atoms with van der Waals surface area (Å²) in [6.45, 7) is 8.69. The minimum absolute atomic E-state index is 0.101. The van der Waals surface area contributed by atoms with E-state index in [0.29, 0.717) is 6.42 Å². The van der Waals surface area contributed by atoms with E-state index in [2.05, 4.69) is 42.7 Å². The summed E-state index contributed by atoms with van der Waals surface area (Å²) in [4.78, 5) is 2.30. The molecule has 1 aliphatic heterocycles. The lowest BCUT2D eigenvalue weighted by atomic mass is 9.92. The second-order valence-corrected chi connectivity index (χ2v) is 5.10. The number of hydrogen-bond acceptors (Lipinski definition) is 2. The van der Waals surface area contributed by atoms with Gasteiger partial charge in [-0.05, 0) is 38.3 Å². The summed E-state index contributed by atoms with van der Waals surface area (Å²) in [5, 5.41) is 10.5. The van der Waals surface area contributed by atoms with Gasteiger partial charge in [0.05, 0.1) is 11.6 Å². The first kappa shape index (κ1) is 12.2. The summed E-state index contributed by atoms with van der Waals surface area (Å²) in [6.07, 6.45) is 3.48. The molecule has 0 radical (unpaired) electrons. The lowest BCUT2D eigenvalue weighted by molar-refractivity contribution is 0.0391. The summed E-state index contributed by atoms with van der Waals surface area (Å²) in [6, 6.07) is 8.55. The van der Waals surface area contributed by atoms with Crippen LogP contribution in [0.2, 0.25) is 0 Å². The molecule has 2 atom stereocenters. The van der Waals surface area contributed by atoms with Gasteiger partial charge >= 0.3 is 0 Å². The van der Waals surface area contributed by atoms with Crippen LogP contribution in [-0.2, 0) is 6.42 Å². The molecule has 0 aliphatic carbocycles. The second kappa shape index (κ2) is 4.53. The Labute approximate surface area is 104 Å². The molecular formula is C15H21NO. The smallest absolute Gasteiger partial charge is 0.0853 e. The van der Waals surface area contributed by atoms with Gasteiger partial charge in [0.1, 0.15) is 0 Å². The van der Waals surface area contributed by atoms with Crippen LogP contribution in [0.5, 0.6) is 0 Å². The monoisotopic (exact) mass is 231 g/mol. The molecule has 0 saturated carbocycles. The number of anilines is 1. The molecule has 0 bridgehead atoms. The summed E-state index contributed by atoms with van der Waals surface area (Å²) in [5.74, 6) is 0. The van der Waals surface area contributed by atoms with Crippen LogP contribution in [0.15, 0.2) is 36.9 Å². The molecule has 1 aromatic rings. The fraction of sp³-hybridized carbons (Fsp3) is 0.467. The van der Waals surface area contributed by atoms with Gasteiger partial charge in [0, 0.05) is 12.2 Å². The summed E-state index contributed by atoms with van der Waals surface area (Å²) < 4.78 is 0. The third-order valence-corrected chi connectivity index (χ3v) is 3.85. The van der Waals surface area contributed by atoms with Gasteiger partial charge in [0.15, 0.2) is 0 Å². The SMILES string of the molecule is C=CC[C@](C)(O)[C@@H](C)N1CCc2ccccc21.